The number of hydrogen-bond donors (Lipinski definition) is 1. The molecular formula is C9H12NO+. The van der Waals surface area contributed by atoms with Gasteiger partial charge in [0.1, 0.15) is 0 Å². The minimum absolute atomic E-state index is 0.876. The highest BCUT2D eigenvalue weighted by molar-refractivity contribution is 5.14. The number of rotatable bonds is 2. The fraction of sp³-hybridized carbons (Fsp3) is 0.222. The van der Waals surface area contributed by atoms with Crippen LogP contribution in [0.3, 0.4) is 0 Å². The lowest BCUT2D eigenvalue weighted by Gasteiger charge is -1.95. The van der Waals surface area contributed by atoms with Gasteiger partial charge < -0.3 is 0 Å². The molecular weight excluding hydrogens is 138 g/mol. The Morgan fingerprint density at radius 2 is 2.09 bits per heavy atom. The average Bonchev–Trinajstić information content (AvgIpc) is 1.93. The lowest BCUT2D eigenvalue weighted by Crippen LogP contribution is -2.27. The fourth-order valence-electron chi connectivity index (χ4n) is 0.916. The SMILES string of the molecule is C=C(C)Cc1cc[n+](O)cc1. The fourth-order valence-corrected chi connectivity index (χ4v) is 0.916. The maximum Gasteiger partial charge on any atom is 0.222 e. The molecule has 0 radical (unpaired) electrons. The second-order valence-corrected chi connectivity index (χ2v) is 2.72. The maximum atomic E-state index is 8.89. The Kier molecular flexibility index (Phi) is 2.26. The van der Waals surface area contributed by atoms with Crippen LogP contribution in [0.15, 0.2) is 36.7 Å². The van der Waals surface area contributed by atoms with E-state index in [1.807, 2.05) is 19.1 Å². The van der Waals surface area contributed by atoms with Gasteiger partial charge in [0.2, 0.25) is 12.4 Å². The van der Waals surface area contributed by atoms with E-state index < -0.39 is 0 Å². The van der Waals surface area contributed by atoms with Gasteiger partial charge in [0.05, 0.1) is 0 Å². The van der Waals surface area contributed by atoms with Crippen LogP contribution in [0, 0.1) is 0 Å². The van der Waals surface area contributed by atoms with Gasteiger partial charge in [-0.25, -0.2) is 0 Å². The third-order valence-electron chi connectivity index (χ3n) is 1.39. The molecule has 0 aliphatic rings. The van der Waals surface area contributed by atoms with E-state index in [0.717, 1.165) is 16.7 Å². The van der Waals surface area contributed by atoms with Gasteiger partial charge in [-0.15, -0.1) is 0 Å². The summed E-state index contributed by atoms with van der Waals surface area (Å²) in [4.78, 5) is 0. The van der Waals surface area contributed by atoms with Crippen molar-refractivity contribution in [1.82, 2.24) is 0 Å². The van der Waals surface area contributed by atoms with Crippen LogP contribution in [0.25, 0.3) is 0 Å². The summed E-state index contributed by atoms with van der Waals surface area (Å²) in [5.41, 5.74) is 2.29. The van der Waals surface area contributed by atoms with Crippen molar-refractivity contribution in [1.29, 1.82) is 0 Å². The summed E-state index contributed by atoms with van der Waals surface area (Å²) >= 11 is 0. The van der Waals surface area contributed by atoms with Gasteiger partial charge in [-0.05, 0) is 18.9 Å². The monoisotopic (exact) mass is 150 g/mol. The molecule has 1 heterocycles. The highest BCUT2D eigenvalue weighted by atomic mass is 16.5. The van der Waals surface area contributed by atoms with Crippen LogP contribution in [0.2, 0.25) is 0 Å². The van der Waals surface area contributed by atoms with Gasteiger partial charge >= 0.3 is 0 Å². The van der Waals surface area contributed by atoms with Gasteiger partial charge in [0, 0.05) is 16.9 Å². The normalized spacial score (nSPS) is 9.55. The third-order valence-corrected chi connectivity index (χ3v) is 1.39. The van der Waals surface area contributed by atoms with Crippen LogP contribution in [0.5, 0.6) is 0 Å². The highest BCUT2D eigenvalue weighted by Gasteiger charge is 1.96. The molecule has 0 bridgehead atoms. The van der Waals surface area contributed by atoms with Crippen LogP contribution in [-0.4, -0.2) is 5.21 Å². The molecule has 2 heteroatoms. The molecule has 0 saturated carbocycles. The Morgan fingerprint density at radius 1 is 1.55 bits per heavy atom. The first kappa shape index (κ1) is 7.79. The van der Waals surface area contributed by atoms with Crippen molar-refractivity contribution < 1.29 is 9.94 Å². The van der Waals surface area contributed by atoms with Gasteiger partial charge in [0.25, 0.3) is 0 Å². The van der Waals surface area contributed by atoms with Gasteiger partial charge in [-0.3, -0.25) is 5.21 Å². The van der Waals surface area contributed by atoms with Crippen LogP contribution < -0.4 is 4.73 Å². The smallest absolute Gasteiger partial charge is 0.222 e. The summed E-state index contributed by atoms with van der Waals surface area (Å²) < 4.78 is 1.03. The van der Waals surface area contributed by atoms with Crippen molar-refractivity contribution >= 4 is 0 Å². The summed E-state index contributed by atoms with van der Waals surface area (Å²) in [7, 11) is 0. The van der Waals surface area contributed by atoms with Crippen molar-refractivity contribution in [3.63, 3.8) is 0 Å². The molecule has 0 aromatic carbocycles. The van der Waals surface area contributed by atoms with Crippen molar-refractivity contribution in [2.75, 3.05) is 0 Å². The third kappa shape index (κ3) is 2.42. The molecule has 58 valence electrons. The van der Waals surface area contributed by atoms with Crippen LogP contribution in [0.4, 0.5) is 0 Å². The topological polar surface area (TPSA) is 24.1 Å². The predicted octanol–water partition coefficient (Wildman–Crippen LogP) is 1.33. The molecule has 0 fully saturated rings. The first-order chi connectivity index (χ1) is 5.18. The molecule has 1 N–H and O–H groups in total. The molecule has 2 nitrogen and oxygen atoms in total. The predicted molar refractivity (Wildman–Crippen MR) is 42.3 cm³/mol. The van der Waals surface area contributed by atoms with E-state index in [2.05, 4.69) is 6.58 Å². The van der Waals surface area contributed by atoms with Crippen LogP contribution in [-0.2, 0) is 6.42 Å². The molecule has 1 aromatic heterocycles. The zero-order valence-corrected chi connectivity index (χ0v) is 6.62. The molecule has 1 rings (SSSR count). The number of hydrogen-bond acceptors (Lipinski definition) is 1. The summed E-state index contributed by atoms with van der Waals surface area (Å²) in [6.45, 7) is 5.79. The maximum absolute atomic E-state index is 8.89. The Hall–Kier alpha value is -1.31. The minimum atomic E-state index is 0.876. The summed E-state index contributed by atoms with van der Waals surface area (Å²) in [5.74, 6) is 0. The first-order valence-electron chi connectivity index (χ1n) is 3.52. The minimum Gasteiger partial charge on any atom is -0.285 e. The second-order valence-electron chi connectivity index (χ2n) is 2.72. The molecule has 1 aromatic rings. The van der Waals surface area contributed by atoms with E-state index in [-0.39, 0.29) is 0 Å². The number of nitrogens with zero attached hydrogens (tertiary/aromatic N) is 1. The van der Waals surface area contributed by atoms with Crippen molar-refractivity contribution in [2.45, 2.75) is 13.3 Å². The van der Waals surface area contributed by atoms with Crippen molar-refractivity contribution in [2.24, 2.45) is 0 Å². The Balaban J connectivity index is 2.74. The number of aromatic nitrogens is 1. The standard InChI is InChI=1S/C9H12NO/c1-8(2)7-9-3-5-10(11)6-4-9/h3-6,11H,1,7H2,2H3/q+1. The van der Waals surface area contributed by atoms with E-state index in [0.29, 0.717) is 0 Å². The van der Waals surface area contributed by atoms with Gasteiger partial charge in [0.15, 0.2) is 0 Å². The van der Waals surface area contributed by atoms with Crippen molar-refractivity contribution in [3.05, 3.63) is 42.2 Å². The van der Waals surface area contributed by atoms with E-state index >= 15 is 0 Å². The second kappa shape index (κ2) is 3.19. The van der Waals surface area contributed by atoms with E-state index in [9.17, 15) is 0 Å². The molecule has 0 amide bonds. The highest BCUT2D eigenvalue weighted by Crippen LogP contribution is 2.02. The molecule has 0 unspecified atom stereocenters. The molecule has 11 heavy (non-hydrogen) atoms. The number of allylic oxidation sites excluding steroid dienone is 1. The first-order valence-corrected chi connectivity index (χ1v) is 3.52. The Bertz CT molecular complexity index is 251. The van der Waals surface area contributed by atoms with E-state index in [1.54, 1.807) is 12.4 Å². The lowest BCUT2D eigenvalue weighted by atomic mass is 10.1. The molecule has 0 saturated heterocycles. The zero-order chi connectivity index (χ0) is 8.27. The molecule has 0 aliphatic heterocycles. The van der Waals surface area contributed by atoms with E-state index in [1.165, 1.54) is 5.56 Å². The molecule has 0 atom stereocenters. The molecule has 0 spiro atoms. The van der Waals surface area contributed by atoms with Crippen LogP contribution in [0.1, 0.15) is 12.5 Å². The van der Waals surface area contributed by atoms with Gasteiger partial charge in [-0.2, -0.15) is 0 Å². The Morgan fingerprint density at radius 3 is 2.55 bits per heavy atom. The lowest BCUT2D eigenvalue weighted by molar-refractivity contribution is -0.904. The molecule has 0 aliphatic carbocycles. The summed E-state index contributed by atoms with van der Waals surface area (Å²) in [6, 6.07) is 3.74. The summed E-state index contributed by atoms with van der Waals surface area (Å²) in [6.07, 6.45) is 4.09. The van der Waals surface area contributed by atoms with Gasteiger partial charge in [-0.1, -0.05) is 12.2 Å². The quantitative estimate of drug-likeness (QED) is 0.384. The van der Waals surface area contributed by atoms with E-state index in [4.69, 9.17) is 5.21 Å². The average molecular weight is 150 g/mol. The zero-order valence-electron chi connectivity index (χ0n) is 6.62. The largest absolute Gasteiger partial charge is 0.285 e. The Labute approximate surface area is 66.4 Å². The van der Waals surface area contributed by atoms with Crippen molar-refractivity contribution in [3.8, 4) is 0 Å². The van der Waals surface area contributed by atoms with Crippen LogP contribution >= 0.6 is 0 Å². The summed E-state index contributed by atoms with van der Waals surface area (Å²) in [5, 5.41) is 8.89. The number of pyridine rings is 1.